The van der Waals surface area contributed by atoms with Crippen molar-refractivity contribution in [3.8, 4) is 0 Å². The van der Waals surface area contributed by atoms with E-state index in [1.165, 1.54) is 205 Å². The van der Waals surface area contributed by atoms with Crippen LogP contribution >= 0.6 is 0 Å². The number of carboxylic acids is 2. The maximum atomic E-state index is 10.4. The first-order valence-electron chi connectivity index (χ1n) is 21.0. The lowest BCUT2D eigenvalue weighted by molar-refractivity contribution is -0.138. The molecule has 0 aromatic rings. The van der Waals surface area contributed by atoms with Gasteiger partial charge in [-0.2, -0.15) is 0 Å². The van der Waals surface area contributed by atoms with Crippen LogP contribution in [0.1, 0.15) is 258 Å². The average molecular weight is 653 g/mol. The molecule has 0 aliphatic rings. The zero-order valence-corrected chi connectivity index (χ0v) is 31.6. The molecule has 4 nitrogen and oxygen atoms in total. The minimum atomic E-state index is -0.653. The molecule has 0 saturated carbocycles. The lowest BCUT2D eigenvalue weighted by Gasteiger charge is -2.04. The van der Waals surface area contributed by atoms with Gasteiger partial charge in [0.15, 0.2) is 0 Å². The van der Waals surface area contributed by atoms with Crippen molar-refractivity contribution in [2.45, 2.75) is 258 Å². The minimum absolute atomic E-state index is 0.345. The van der Waals surface area contributed by atoms with Gasteiger partial charge in [-0.1, -0.05) is 232 Å². The van der Waals surface area contributed by atoms with Gasteiger partial charge in [-0.25, -0.2) is 0 Å². The number of carbonyl (C=O) groups is 2. The highest BCUT2D eigenvalue weighted by Gasteiger charge is 1.99. The van der Waals surface area contributed by atoms with Crippen LogP contribution in [0.3, 0.4) is 0 Å². The van der Waals surface area contributed by atoms with Crippen molar-refractivity contribution in [2.75, 3.05) is 0 Å². The molecule has 0 fully saturated rings. The zero-order chi connectivity index (χ0) is 34.0. The van der Waals surface area contributed by atoms with Gasteiger partial charge in [0.1, 0.15) is 0 Å². The molecule has 0 heterocycles. The van der Waals surface area contributed by atoms with Crippen LogP contribution in [-0.2, 0) is 9.59 Å². The van der Waals surface area contributed by atoms with E-state index in [-0.39, 0.29) is 0 Å². The molecule has 0 aromatic carbocycles. The molecular weight excluding hydrogens is 568 g/mol. The summed E-state index contributed by atoms with van der Waals surface area (Å²) in [5.74, 6) is -1.30. The number of hydrogen-bond acceptors (Lipinski definition) is 2. The zero-order valence-electron chi connectivity index (χ0n) is 31.6. The molecule has 0 aliphatic heterocycles. The van der Waals surface area contributed by atoms with Crippen molar-refractivity contribution in [2.24, 2.45) is 0 Å². The Kier molecular flexibility index (Phi) is 45.0. The van der Waals surface area contributed by atoms with Crippen LogP contribution in [0.15, 0.2) is 0 Å². The van der Waals surface area contributed by atoms with E-state index < -0.39 is 11.9 Å². The van der Waals surface area contributed by atoms with Gasteiger partial charge in [0.2, 0.25) is 0 Å². The van der Waals surface area contributed by atoms with E-state index in [0.29, 0.717) is 12.8 Å². The Morgan fingerprint density at radius 1 is 0.261 bits per heavy atom. The molecule has 0 atom stereocenters. The summed E-state index contributed by atoms with van der Waals surface area (Å²) in [7, 11) is 0. The molecule has 0 aliphatic carbocycles. The molecule has 4 heteroatoms. The number of aliphatic carboxylic acids is 2. The smallest absolute Gasteiger partial charge is 0.303 e. The third kappa shape index (κ3) is 49.8. The fourth-order valence-electron chi connectivity index (χ4n) is 6.36. The van der Waals surface area contributed by atoms with Gasteiger partial charge in [-0.3, -0.25) is 9.59 Å². The molecule has 2 N–H and O–H groups in total. The summed E-state index contributed by atoms with van der Waals surface area (Å²) < 4.78 is 0. The number of hydrogen-bond donors (Lipinski definition) is 2. The third-order valence-electron chi connectivity index (χ3n) is 9.49. The Hall–Kier alpha value is -1.06. The lowest BCUT2D eigenvalue weighted by atomic mass is 10.0. The van der Waals surface area contributed by atoms with Crippen LogP contribution in [0, 0.1) is 0 Å². The Balaban J connectivity index is 0. The molecular formula is C42H84O4. The number of carboxylic acid groups (broad SMARTS) is 2. The summed E-state index contributed by atoms with van der Waals surface area (Å²) in [4.78, 5) is 20.7. The van der Waals surface area contributed by atoms with Gasteiger partial charge < -0.3 is 10.2 Å². The van der Waals surface area contributed by atoms with E-state index in [1.54, 1.807) is 0 Å². The first kappa shape index (κ1) is 47.1. The van der Waals surface area contributed by atoms with E-state index in [2.05, 4.69) is 13.8 Å². The normalized spacial score (nSPS) is 11.0. The largest absolute Gasteiger partial charge is 0.481 e. The second kappa shape index (κ2) is 43.9. The van der Waals surface area contributed by atoms with Gasteiger partial charge in [0, 0.05) is 12.8 Å². The Bertz CT molecular complexity index is 576. The van der Waals surface area contributed by atoms with Crippen LogP contribution in [0.25, 0.3) is 0 Å². The highest BCUT2D eigenvalue weighted by Crippen LogP contribution is 2.16. The molecule has 0 aromatic heterocycles. The van der Waals surface area contributed by atoms with Gasteiger partial charge >= 0.3 is 11.9 Å². The quantitative estimate of drug-likeness (QED) is 0.0651. The van der Waals surface area contributed by atoms with Crippen LogP contribution in [0.4, 0.5) is 0 Å². The SMILES string of the molecule is CCCCCCCCCCCCCCCCCC(=O)O.CCCCCCCCCCCCCCCCCCCCCCCC(=O)O. The monoisotopic (exact) mass is 653 g/mol. The Labute approximate surface area is 289 Å². The molecule has 0 saturated heterocycles. The molecule has 276 valence electrons. The molecule has 0 bridgehead atoms. The first-order valence-corrected chi connectivity index (χ1v) is 21.0. The predicted molar refractivity (Wildman–Crippen MR) is 202 cm³/mol. The second-order valence-corrected chi connectivity index (χ2v) is 14.3. The summed E-state index contributed by atoms with van der Waals surface area (Å²) in [6.07, 6.45) is 49.3. The minimum Gasteiger partial charge on any atom is -0.481 e. The Morgan fingerprint density at radius 2 is 0.391 bits per heavy atom. The van der Waals surface area contributed by atoms with Gasteiger partial charge in [-0.05, 0) is 12.8 Å². The molecule has 0 rings (SSSR count). The van der Waals surface area contributed by atoms with Crippen molar-refractivity contribution in [3.05, 3.63) is 0 Å². The average Bonchev–Trinajstić information content (AvgIpc) is 3.03. The van der Waals surface area contributed by atoms with Crippen LogP contribution in [0.5, 0.6) is 0 Å². The van der Waals surface area contributed by atoms with Crippen molar-refractivity contribution < 1.29 is 19.8 Å². The topological polar surface area (TPSA) is 74.6 Å². The fourth-order valence-corrected chi connectivity index (χ4v) is 6.36. The summed E-state index contributed by atoms with van der Waals surface area (Å²) in [5.41, 5.74) is 0. The maximum Gasteiger partial charge on any atom is 0.303 e. The summed E-state index contributed by atoms with van der Waals surface area (Å²) in [6.45, 7) is 4.56. The Morgan fingerprint density at radius 3 is 0.522 bits per heavy atom. The summed E-state index contributed by atoms with van der Waals surface area (Å²) >= 11 is 0. The number of unbranched alkanes of at least 4 members (excludes halogenated alkanes) is 34. The lowest BCUT2D eigenvalue weighted by Crippen LogP contribution is -1.93. The summed E-state index contributed by atoms with van der Waals surface area (Å²) in [6, 6.07) is 0. The summed E-state index contributed by atoms with van der Waals surface area (Å²) in [5, 5.41) is 17.1. The highest BCUT2D eigenvalue weighted by atomic mass is 16.4. The van der Waals surface area contributed by atoms with Gasteiger partial charge in [0.25, 0.3) is 0 Å². The van der Waals surface area contributed by atoms with Crippen LogP contribution in [-0.4, -0.2) is 22.2 Å². The maximum absolute atomic E-state index is 10.4. The van der Waals surface area contributed by atoms with Crippen LogP contribution < -0.4 is 0 Å². The molecule has 0 unspecified atom stereocenters. The molecule has 0 radical (unpaired) electrons. The first-order chi connectivity index (χ1) is 22.5. The van der Waals surface area contributed by atoms with Crippen molar-refractivity contribution >= 4 is 11.9 Å². The third-order valence-corrected chi connectivity index (χ3v) is 9.49. The molecule has 0 spiro atoms. The van der Waals surface area contributed by atoms with Crippen LogP contribution in [0.2, 0.25) is 0 Å². The van der Waals surface area contributed by atoms with E-state index in [9.17, 15) is 9.59 Å². The van der Waals surface area contributed by atoms with Gasteiger partial charge in [0.05, 0.1) is 0 Å². The number of rotatable bonds is 38. The fraction of sp³-hybridized carbons (Fsp3) is 0.952. The van der Waals surface area contributed by atoms with E-state index in [0.717, 1.165) is 25.7 Å². The second-order valence-electron chi connectivity index (χ2n) is 14.3. The standard InChI is InChI=1S/C24H48O2.C18H36O2/c1-2-3-4-5-6-7-8-9-10-11-12-13-14-15-16-17-18-19-20-21-22-23-24(25)26;1-2-3-4-5-6-7-8-9-10-11-12-13-14-15-16-17-18(19)20/h2-23H2,1H3,(H,25,26);2-17H2,1H3,(H,19,20). The van der Waals surface area contributed by atoms with E-state index in [4.69, 9.17) is 10.2 Å². The molecule has 46 heavy (non-hydrogen) atoms. The molecule has 0 amide bonds. The van der Waals surface area contributed by atoms with E-state index >= 15 is 0 Å². The van der Waals surface area contributed by atoms with Crippen molar-refractivity contribution in [1.29, 1.82) is 0 Å². The van der Waals surface area contributed by atoms with Gasteiger partial charge in [-0.15, -0.1) is 0 Å². The van der Waals surface area contributed by atoms with Crippen molar-refractivity contribution in [3.63, 3.8) is 0 Å². The van der Waals surface area contributed by atoms with E-state index in [1.807, 2.05) is 0 Å². The van der Waals surface area contributed by atoms with Crippen molar-refractivity contribution in [1.82, 2.24) is 0 Å². The predicted octanol–water partition coefficient (Wildman–Crippen LogP) is 15.0. The highest BCUT2D eigenvalue weighted by molar-refractivity contribution is 5.66.